The summed E-state index contributed by atoms with van der Waals surface area (Å²) < 4.78 is 32.5. The van der Waals surface area contributed by atoms with Crippen molar-refractivity contribution in [3.63, 3.8) is 0 Å². The van der Waals surface area contributed by atoms with Crippen LogP contribution in [-0.4, -0.2) is 65.4 Å². The fourth-order valence-corrected chi connectivity index (χ4v) is 3.65. The van der Waals surface area contributed by atoms with Crippen molar-refractivity contribution in [1.82, 2.24) is 14.6 Å². The second-order valence-electron chi connectivity index (χ2n) is 4.80. The molecule has 0 aliphatic carbocycles. The summed E-state index contributed by atoms with van der Waals surface area (Å²) in [4.78, 5) is 43.7. The molecule has 0 saturated carbocycles. The van der Waals surface area contributed by atoms with Gasteiger partial charge in [0.15, 0.2) is 20.5 Å². The van der Waals surface area contributed by atoms with E-state index in [1.807, 2.05) is 0 Å². The Hall–Kier alpha value is -1.29. The molecule has 12 nitrogen and oxygen atoms in total. The van der Waals surface area contributed by atoms with Crippen LogP contribution in [0.3, 0.4) is 0 Å². The van der Waals surface area contributed by atoms with Gasteiger partial charge in [-0.2, -0.15) is 0 Å². The summed E-state index contributed by atoms with van der Waals surface area (Å²) in [6.07, 6.45) is 0. The van der Waals surface area contributed by atoms with Gasteiger partial charge in [-0.05, 0) is 0 Å². The number of thiazole rings is 1. The van der Waals surface area contributed by atoms with Gasteiger partial charge in [-0.3, -0.25) is 14.4 Å². The molecule has 2 heterocycles. The largest absolute Gasteiger partial charge is 1.00 e. The number of carbonyl (C=O) groups is 3. The van der Waals surface area contributed by atoms with Crippen molar-refractivity contribution in [2.75, 3.05) is 19.0 Å². The summed E-state index contributed by atoms with van der Waals surface area (Å²) in [7, 11) is -3.78. The van der Waals surface area contributed by atoms with Gasteiger partial charge in [-0.15, -0.1) is 0 Å². The maximum atomic E-state index is 12.4. The monoisotopic (exact) mass is 447 g/mol. The Labute approximate surface area is 184 Å². The zero-order valence-electron chi connectivity index (χ0n) is 14.2. The quantitative estimate of drug-likeness (QED) is 0.146. The van der Waals surface area contributed by atoms with Gasteiger partial charge in [0, 0.05) is 6.92 Å². The molecule has 1 saturated heterocycles. The molecule has 0 aromatic carbocycles. The molecule has 1 atom stereocenters. The Morgan fingerprint density at radius 3 is 2.59 bits per heavy atom. The van der Waals surface area contributed by atoms with Gasteiger partial charge in [0.1, 0.15) is 23.8 Å². The Balaban J connectivity index is 0.00000364. The minimum atomic E-state index is -4.93. The molecular formula is C11H11ClN5NaO7S2. The van der Waals surface area contributed by atoms with Gasteiger partial charge in [-0.25, -0.2) is 17.7 Å². The van der Waals surface area contributed by atoms with Crippen LogP contribution in [0.15, 0.2) is 5.16 Å². The van der Waals surface area contributed by atoms with Crippen LogP contribution >= 0.6 is 22.9 Å². The Kier molecular flexibility index (Phi) is 8.15. The number of carbonyl (C=O) groups excluding carboxylic acids is 3. The summed E-state index contributed by atoms with van der Waals surface area (Å²) in [6, 6.07) is -1.23. The average molecular weight is 448 g/mol. The zero-order chi connectivity index (χ0) is 19.6. The van der Waals surface area contributed by atoms with Crippen molar-refractivity contribution >= 4 is 61.7 Å². The van der Waals surface area contributed by atoms with E-state index in [1.54, 1.807) is 0 Å². The van der Waals surface area contributed by atoms with Crippen LogP contribution in [0, 0.1) is 0 Å². The average Bonchev–Trinajstić information content (AvgIpc) is 2.86. The maximum Gasteiger partial charge on any atom is 1.00 e. The number of anilines is 1. The molecule has 1 aliphatic heterocycles. The number of amides is 3. The van der Waals surface area contributed by atoms with E-state index < -0.39 is 46.3 Å². The van der Waals surface area contributed by atoms with E-state index in [-0.39, 0.29) is 49.0 Å². The molecule has 1 aliphatic rings. The standard InChI is InChI=1S/C11H12ClN5O7S2.Na/c1-4(18)13-9-7(15-11(12)25-9)6(16-24-2)8(19)14-5-3-17(10(5)20)26(21,22)23;/h5H,3H2,1-2H3,(H,13,18)(H,14,19)(H,21,22,23);/q;+1/p-1. The molecule has 3 amide bonds. The van der Waals surface area contributed by atoms with E-state index in [9.17, 15) is 27.4 Å². The normalized spacial score (nSPS) is 16.9. The van der Waals surface area contributed by atoms with Crippen molar-refractivity contribution in [3.05, 3.63) is 10.2 Å². The summed E-state index contributed by atoms with van der Waals surface area (Å²) in [5.74, 6) is -2.47. The number of rotatable bonds is 6. The van der Waals surface area contributed by atoms with Gasteiger partial charge >= 0.3 is 29.6 Å². The molecule has 0 bridgehead atoms. The van der Waals surface area contributed by atoms with Crippen molar-refractivity contribution in [3.8, 4) is 0 Å². The Bertz CT molecular complexity index is 903. The molecule has 27 heavy (non-hydrogen) atoms. The number of oxime groups is 1. The minimum Gasteiger partial charge on any atom is -0.731 e. The minimum absolute atomic E-state index is 0. The molecule has 1 aromatic rings. The fourth-order valence-electron chi connectivity index (χ4n) is 1.91. The number of hydrogen-bond donors (Lipinski definition) is 2. The molecule has 2 rings (SSSR count). The first-order chi connectivity index (χ1) is 12.0. The first-order valence-electron chi connectivity index (χ1n) is 6.68. The van der Waals surface area contributed by atoms with Crippen molar-refractivity contribution in [1.29, 1.82) is 0 Å². The van der Waals surface area contributed by atoms with Crippen LogP contribution in [-0.2, 0) is 29.5 Å². The number of hydrogen-bond acceptors (Lipinski definition) is 10. The number of β-lactam (4-membered cyclic amide) rings is 1. The van der Waals surface area contributed by atoms with Crippen LogP contribution in [0.1, 0.15) is 12.6 Å². The van der Waals surface area contributed by atoms with E-state index in [0.29, 0.717) is 0 Å². The third kappa shape index (κ3) is 5.60. The molecule has 16 heteroatoms. The molecule has 142 valence electrons. The first kappa shape index (κ1) is 23.7. The fraction of sp³-hybridized carbons (Fsp3) is 0.364. The summed E-state index contributed by atoms with van der Waals surface area (Å²) in [6.45, 7) is 0.725. The van der Waals surface area contributed by atoms with E-state index in [1.165, 1.54) is 6.92 Å². The van der Waals surface area contributed by atoms with Gasteiger partial charge in [-0.1, -0.05) is 28.1 Å². The van der Waals surface area contributed by atoms with Gasteiger partial charge in [0.2, 0.25) is 5.91 Å². The van der Waals surface area contributed by atoms with Crippen LogP contribution in [0.25, 0.3) is 0 Å². The van der Waals surface area contributed by atoms with E-state index >= 15 is 0 Å². The predicted molar refractivity (Wildman–Crippen MR) is 88.3 cm³/mol. The summed E-state index contributed by atoms with van der Waals surface area (Å²) in [5, 5.41) is 8.27. The second kappa shape index (κ2) is 9.27. The maximum absolute atomic E-state index is 12.4. The molecule has 1 fully saturated rings. The third-order valence-electron chi connectivity index (χ3n) is 2.98. The van der Waals surface area contributed by atoms with Crippen molar-refractivity contribution < 1.29 is 61.7 Å². The Morgan fingerprint density at radius 2 is 2.11 bits per heavy atom. The molecule has 1 unspecified atom stereocenters. The summed E-state index contributed by atoms with van der Waals surface area (Å²) in [5.41, 5.74) is -0.509. The molecule has 1 aromatic heterocycles. The van der Waals surface area contributed by atoms with E-state index in [4.69, 9.17) is 11.6 Å². The van der Waals surface area contributed by atoms with Crippen LogP contribution in [0.4, 0.5) is 5.00 Å². The van der Waals surface area contributed by atoms with Crippen molar-refractivity contribution in [2.45, 2.75) is 13.0 Å². The third-order valence-corrected chi connectivity index (χ3v) is 4.92. The van der Waals surface area contributed by atoms with E-state index in [0.717, 1.165) is 18.4 Å². The number of halogens is 1. The van der Waals surface area contributed by atoms with Crippen molar-refractivity contribution in [2.24, 2.45) is 5.16 Å². The second-order valence-corrected chi connectivity index (χ2v) is 7.68. The molecule has 0 radical (unpaired) electrons. The van der Waals surface area contributed by atoms with E-state index in [2.05, 4.69) is 25.6 Å². The number of aromatic nitrogens is 1. The number of nitrogens with zero attached hydrogens (tertiary/aromatic N) is 3. The van der Waals surface area contributed by atoms with Crippen LogP contribution < -0.4 is 40.2 Å². The van der Waals surface area contributed by atoms with Gasteiger partial charge in [0.05, 0.1) is 6.54 Å². The summed E-state index contributed by atoms with van der Waals surface area (Å²) >= 11 is 6.67. The van der Waals surface area contributed by atoms with Gasteiger partial charge in [0.25, 0.3) is 11.8 Å². The SMILES string of the molecule is CON=C(C(=O)NC1CN(S(=O)(=O)[O-])C1=O)c1nc(Cl)sc1NC(C)=O.[Na+]. The number of nitrogens with one attached hydrogen (secondary N) is 2. The first-order valence-corrected chi connectivity index (χ1v) is 9.24. The van der Waals surface area contributed by atoms with Crippen LogP contribution in [0.5, 0.6) is 0 Å². The topological polar surface area (TPSA) is 170 Å². The van der Waals surface area contributed by atoms with Gasteiger partial charge < -0.3 is 20.0 Å². The molecule has 0 spiro atoms. The molecule has 2 N–H and O–H groups in total. The van der Waals surface area contributed by atoms with Crippen LogP contribution in [0.2, 0.25) is 4.47 Å². The molecular weight excluding hydrogens is 437 g/mol. The Morgan fingerprint density at radius 1 is 1.48 bits per heavy atom. The smallest absolute Gasteiger partial charge is 0.731 e. The zero-order valence-corrected chi connectivity index (χ0v) is 18.6. The predicted octanol–water partition coefficient (Wildman–Crippen LogP) is -4.10.